The van der Waals surface area contributed by atoms with Crippen LogP contribution in [0, 0.1) is 0 Å². The van der Waals surface area contributed by atoms with Crippen LogP contribution in [0.5, 0.6) is 0 Å². The molecule has 0 aromatic rings. The Morgan fingerprint density at radius 2 is 0.885 bits per heavy atom. The van der Waals surface area contributed by atoms with Crippen molar-refractivity contribution in [2.45, 2.75) is 249 Å². The standard InChI is InChI=1S/C47H87O13P/c1-3-5-7-9-11-13-15-17-19-20-22-23-25-27-29-31-33-35-40(48)57-37-39(38-58-61(55,56)60-47-45(53)43(51)42(50)44(52)46(47)54)59-41(49)36-34-32-30-28-26-24-21-18-16-14-12-10-8-6-4-2/h18,21,26,28,39,42-47,50-54H,3-17,19-20,22-25,27,29-38H2,1-2H3,(H,55,56)/b21-18+,28-26+/t39-,42?,43-,44?,45?,46?,47?/m0/s1. The smallest absolute Gasteiger partial charge is 0.462 e. The molecule has 6 unspecified atom stereocenters. The van der Waals surface area contributed by atoms with Crippen molar-refractivity contribution < 1.29 is 63.1 Å². The summed E-state index contributed by atoms with van der Waals surface area (Å²) >= 11 is 0. The summed E-state index contributed by atoms with van der Waals surface area (Å²) in [5.41, 5.74) is 0. The van der Waals surface area contributed by atoms with Crippen molar-refractivity contribution in [3.8, 4) is 0 Å². The van der Waals surface area contributed by atoms with Crippen molar-refractivity contribution in [1.29, 1.82) is 0 Å². The van der Waals surface area contributed by atoms with Crippen LogP contribution in [0.2, 0.25) is 0 Å². The molecule has 0 heterocycles. The molecule has 0 saturated heterocycles. The van der Waals surface area contributed by atoms with E-state index in [1.807, 2.05) is 0 Å². The topological polar surface area (TPSA) is 210 Å². The molecule has 1 aliphatic carbocycles. The summed E-state index contributed by atoms with van der Waals surface area (Å²) in [5.74, 6) is -1.13. The Kier molecular flexibility index (Phi) is 35.4. The van der Waals surface area contributed by atoms with E-state index in [4.69, 9.17) is 18.5 Å². The van der Waals surface area contributed by atoms with Crippen molar-refractivity contribution >= 4 is 19.8 Å². The van der Waals surface area contributed by atoms with Crippen LogP contribution in [0.15, 0.2) is 24.3 Å². The predicted octanol–water partition coefficient (Wildman–Crippen LogP) is 9.62. The van der Waals surface area contributed by atoms with E-state index in [-0.39, 0.29) is 12.8 Å². The van der Waals surface area contributed by atoms with E-state index in [0.29, 0.717) is 12.8 Å². The van der Waals surface area contributed by atoms with E-state index >= 15 is 0 Å². The third kappa shape index (κ3) is 30.2. The molecule has 0 spiro atoms. The number of carbonyl (C=O) groups is 2. The highest BCUT2D eigenvalue weighted by Crippen LogP contribution is 2.47. The normalized spacial score (nSPS) is 22.2. The lowest BCUT2D eigenvalue weighted by molar-refractivity contribution is -0.220. The minimum atomic E-state index is -5.12. The Balaban J connectivity index is 2.45. The van der Waals surface area contributed by atoms with Gasteiger partial charge in [0.15, 0.2) is 6.10 Å². The minimum Gasteiger partial charge on any atom is -0.462 e. The highest BCUT2D eigenvalue weighted by atomic mass is 31.2. The summed E-state index contributed by atoms with van der Waals surface area (Å²) in [4.78, 5) is 35.7. The van der Waals surface area contributed by atoms with Gasteiger partial charge in [0.05, 0.1) is 6.61 Å². The number of aliphatic hydroxyl groups excluding tert-OH is 5. The van der Waals surface area contributed by atoms with Crippen molar-refractivity contribution in [1.82, 2.24) is 0 Å². The van der Waals surface area contributed by atoms with Gasteiger partial charge < -0.3 is 39.9 Å². The summed E-state index contributed by atoms with van der Waals surface area (Å²) in [6, 6.07) is 0. The Labute approximate surface area is 368 Å². The molecular weight excluding hydrogens is 803 g/mol. The first kappa shape index (κ1) is 57.3. The van der Waals surface area contributed by atoms with Gasteiger partial charge in [-0.05, 0) is 44.9 Å². The largest absolute Gasteiger partial charge is 0.472 e. The average molecular weight is 891 g/mol. The van der Waals surface area contributed by atoms with E-state index in [1.165, 1.54) is 122 Å². The molecule has 0 bridgehead atoms. The second kappa shape index (κ2) is 37.7. The molecule has 358 valence electrons. The lowest BCUT2D eigenvalue weighted by Gasteiger charge is -2.41. The van der Waals surface area contributed by atoms with Crippen LogP contribution in [-0.4, -0.2) is 98.3 Å². The maximum atomic E-state index is 12.8. The van der Waals surface area contributed by atoms with E-state index < -0.39 is 75.7 Å². The number of rotatable bonds is 40. The zero-order valence-corrected chi connectivity index (χ0v) is 38.9. The van der Waals surface area contributed by atoms with Gasteiger partial charge in [0.25, 0.3) is 0 Å². The van der Waals surface area contributed by atoms with Gasteiger partial charge in [0, 0.05) is 12.8 Å². The quantitative estimate of drug-likeness (QED) is 0.0147. The first-order chi connectivity index (χ1) is 29.4. The lowest BCUT2D eigenvalue weighted by Crippen LogP contribution is -2.64. The second-order valence-corrected chi connectivity index (χ2v) is 18.4. The zero-order valence-electron chi connectivity index (χ0n) is 38.0. The molecule has 14 heteroatoms. The Morgan fingerprint density at radius 1 is 0.508 bits per heavy atom. The maximum absolute atomic E-state index is 12.8. The van der Waals surface area contributed by atoms with Gasteiger partial charge in [-0.15, -0.1) is 0 Å². The van der Waals surface area contributed by atoms with Crippen LogP contribution in [-0.2, 0) is 32.7 Å². The first-order valence-electron chi connectivity index (χ1n) is 24.1. The summed E-state index contributed by atoms with van der Waals surface area (Å²) in [5, 5.41) is 50.2. The van der Waals surface area contributed by atoms with Crippen molar-refractivity contribution in [2.75, 3.05) is 13.2 Å². The lowest BCUT2D eigenvalue weighted by atomic mass is 9.85. The molecule has 8 atom stereocenters. The molecule has 0 aromatic carbocycles. The van der Waals surface area contributed by atoms with Crippen molar-refractivity contribution in [3.05, 3.63) is 24.3 Å². The van der Waals surface area contributed by atoms with Crippen LogP contribution in [0.3, 0.4) is 0 Å². The number of hydrogen-bond acceptors (Lipinski definition) is 12. The Bertz CT molecular complexity index is 1170. The van der Waals surface area contributed by atoms with Gasteiger partial charge in [0.1, 0.15) is 43.2 Å². The predicted molar refractivity (Wildman–Crippen MR) is 240 cm³/mol. The molecule has 0 aliphatic heterocycles. The summed E-state index contributed by atoms with van der Waals surface area (Å²) in [6.07, 6.45) is 28.1. The fourth-order valence-electron chi connectivity index (χ4n) is 7.38. The van der Waals surface area contributed by atoms with Crippen LogP contribution < -0.4 is 0 Å². The number of phosphoric ester groups is 1. The Hall–Kier alpha value is -1.67. The average Bonchev–Trinajstić information content (AvgIpc) is 3.24. The molecule has 0 amide bonds. The van der Waals surface area contributed by atoms with E-state index in [1.54, 1.807) is 0 Å². The highest BCUT2D eigenvalue weighted by molar-refractivity contribution is 7.47. The van der Waals surface area contributed by atoms with Crippen LogP contribution in [0.4, 0.5) is 0 Å². The molecule has 1 saturated carbocycles. The first-order valence-corrected chi connectivity index (χ1v) is 25.6. The number of ether oxygens (including phenoxy) is 2. The number of hydrogen-bond donors (Lipinski definition) is 6. The number of allylic oxidation sites excluding steroid dienone is 4. The van der Waals surface area contributed by atoms with Crippen LogP contribution >= 0.6 is 7.82 Å². The van der Waals surface area contributed by atoms with Gasteiger partial charge in [0.2, 0.25) is 0 Å². The molecule has 1 aliphatic rings. The molecule has 6 N–H and O–H groups in total. The molecular formula is C47H87O13P. The number of carbonyl (C=O) groups excluding carboxylic acids is 2. The molecule has 61 heavy (non-hydrogen) atoms. The highest BCUT2D eigenvalue weighted by Gasteiger charge is 2.51. The third-order valence-corrected chi connectivity index (χ3v) is 12.3. The maximum Gasteiger partial charge on any atom is 0.472 e. The van der Waals surface area contributed by atoms with Crippen LogP contribution in [0.25, 0.3) is 0 Å². The van der Waals surface area contributed by atoms with E-state index in [0.717, 1.165) is 44.9 Å². The summed E-state index contributed by atoms with van der Waals surface area (Å²) in [7, 11) is -5.12. The Morgan fingerprint density at radius 3 is 1.36 bits per heavy atom. The molecule has 13 nitrogen and oxygen atoms in total. The van der Waals surface area contributed by atoms with Crippen molar-refractivity contribution in [2.24, 2.45) is 0 Å². The van der Waals surface area contributed by atoms with Crippen LogP contribution in [0.1, 0.15) is 206 Å². The van der Waals surface area contributed by atoms with Gasteiger partial charge in [-0.1, -0.05) is 173 Å². The zero-order chi connectivity index (χ0) is 45.0. The SMILES string of the molecule is CCCCCCCC/C=C/C/C=C/CCCCC(=O)O[C@@H](COC(=O)CCCCCCCCCCCCCCCCCCC)COP(=O)(O)OC1C(O)C(O)C(O)[C@H](O)C1O. The van der Waals surface area contributed by atoms with E-state index in [2.05, 4.69) is 38.2 Å². The molecule has 1 rings (SSSR count). The monoisotopic (exact) mass is 891 g/mol. The summed E-state index contributed by atoms with van der Waals surface area (Å²) in [6.45, 7) is 3.28. The number of unbranched alkanes of at least 4 members (excludes halogenated alkanes) is 24. The van der Waals surface area contributed by atoms with Gasteiger partial charge in [-0.3, -0.25) is 18.6 Å². The number of esters is 2. The van der Waals surface area contributed by atoms with Gasteiger partial charge in [-0.25, -0.2) is 4.57 Å². The van der Waals surface area contributed by atoms with Gasteiger partial charge in [-0.2, -0.15) is 0 Å². The fraction of sp³-hybridized carbons (Fsp3) is 0.872. The number of aliphatic hydroxyl groups is 5. The number of phosphoric acid groups is 1. The molecule has 0 radical (unpaired) electrons. The minimum absolute atomic E-state index is 0.0571. The van der Waals surface area contributed by atoms with Crippen molar-refractivity contribution in [3.63, 3.8) is 0 Å². The van der Waals surface area contributed by atoms with E-state index in [9.17, 15) is 44.6 Å². The summed E-state index contributed by atoms with van der Waals surface area (Å²) < 4.78 is 33.5. The third-order valence-electron chi connectivity index (χ3n) is 11.3. The fourth-order valence-corrected chi connectivity index (χ4v) is 8.35. The van der Waals surface area contributed by atoms with Gasteiger partial charge >= 0.3 is 19.8 Å². The second-order valence-electron chi connectivity index (χ2n) is 17.0. The molecule has 0 aromatic heterocycles. The molecule has 1 fully saturated rings.